The van der Waals surface area contributed by atoms with E-state index in [1.165, 1.54) is 14.1 Å². The van der Waals surface area contributed by atoms with E-state index in [1.807, 2.05) is 0 Å². The van der Waals surface area contributed by atoms with Gasteiger partial charge in [0.2, 0.25) is 0 Å². The predicted molar refractivity (Wildman–Crippen MR) is 60.0 cm³/mol. The average molecular weight is 264 g/mol. The van der Waals surface area contributed by atoms with Crippen molar-refractivity contribution >= 4 is 0 Å². The summed E-state index contributed by atoms with van der Waals surface area (Å²) in [5.41, 5.74) is 0.625. The van der Waals surface area contributed by atoms with Crippen LogP contribution in [0.3, 0.4) is 0 Å². The summed E-state index contributed by atoms with van der Waals surface area (Å²) in [7, 11) is 2.92. The van der Waals surface area contributed by atoms with E-state index in [0.29, 0.717) is 10.5 Å². The number of benzene rings is 1. The standard InChI is InChI=1S/C12H16F3NO2/c1-16(2)10(11(17,18)12(13,14)15)8-9-6-4-3-5-7-9/h3-7,10,17-18H,8H2,1-2H3/p+1. The Bertz CT molecular complexity index is 377. The lowest BCUT2D eigenvalue weighted by atomic mass is 9.97. The normalized spacial score (nSPS) is 14.9. The molecule has 3 N–H and O–H groups in total. The fourth-order valence-corrected chi connectivity index (χ4v) is 1.80. The van der Waals surface area contributed by atoms with Crippen molar-refractivity contribution in [3.63, 3.8) is 0 Å². The van der Waals surface area contributed by atoms with Crippen LogP contribution in [-0.2, 0) is 6.42 Å². The fourth-order valence-electron chi connectivity index (χ4n) is 1.80. The number of halogens is 3. The molecule has 0 aromatic heterocycles. The molecule has 1 aromatic carbocycles. The van der Waals surface area contributed by atoms with E-state index in [0.717, 1.165) is 0 Å². The molecule has 0 aliphatic carbocycles. The highest BCUT2D eigenvalue weighted by molar-refractivity contribution is 5.16. The van der Waals surface area contributed by atoms with Gasteiger partial charge in [-0.3, -0.25) is 0 Å². The molecule has 3 nitrogen and oxygen atoms in total. The molecule has 102 valence electrons. The Morgan fingerprint density at radius 1 is 1.11 bits per heavy atom. The minimum atomic E-state index is -5.08. The van der Waals surface area contributed by atoms with Crippen molar-refractivity contribution in [2.75, 3.05) is 14.1 Å². The van der Waals surface area contributed by atoms with Crippen molar-refractivity contribution in [2.45, 2.75) is 24.4 Å². The molecule has 1 aromatic rings. The van der Waals surface area contributed by atoms with Crippen LogP contribution < -0.4 is 4.90 Å². The van der Waals surface area contributed by atoms with E-state index in [-0.39, 0.29) is 6.42 Å². The van der Waals surface area contributed by atoms with Crippen LogP contribution >= 0.6 is 0 Å². The zero-order valence-electron chi connectivity index (χ0n) is 10.2. The van der Waals surface area contributed by atoms with Crippen LogP contribution in [0.15, 0.2) is 30.3 Å². The molecular weight excluding hydrogens is 247 g/mol. The molecule has 0 saturated heterocycles. The Morgan fingerprint density at radius 3 is 2.00 bits per heavy atom. The van der Waals surface area contributed by atoms with Crippen LogP contribution in [0.4, 0.5) is 13.2 Å². The van der Waals surface area contributed by atoms with Crippen LogP contribution in [-0.4, -0.2) is 42.3 Å². The summed E-state index contributed by atoms with van der Waals surface area (Å²) >= 11 is 0. The number of likely N-dealkylation sites (N-methyl/N-ethyl adjacent to an activating group) is 1. The van der Waals surface area contributed by atoms with Gasteiger partial charge in [0.15, 0.2) is 6.04 Å². The Balaban J connectivity index is 2.98. The van der Waals surface area contributed by atoms with Gasteiger partial charge in [0.25, 0.3) is 0 Å². The molecule has 1 rings (SSSR count). The highest BCUT2D eigenvalue weighted by Gasteiger charge is 2.61. The first kappa shape index (κ1) is 14.9. The predicted octanol–water partition coefficient (Wildman–Crippen LogP) is -0.0146. The molecule has 0 heterocycles. The summed E-state index contributed by atoms with van der Waals surface area (Å²) in [5.74, 6) is -3.71. The molecule has 0 aliphatic rings. The quantitative estimate of drug-likeness (QED) is 0.670. The minimum Gasteiger partial charge on any atom is -0.354 e. The first-order chi connectivity index (χ1) is 8.16. The third-order valence-corrected chi connectivity index (χ3v) is 2.88. The Labute approximate surface area is 103 Å². The van der Waals surface area contributed by atoms with Gasteiger partial charge in [-0.1, -0.05) is 30.3 Å². The lowest BCUT2D eigenvalue weighted by Crippen LogP contribution is -3.13. The van der Waals surface area contributed by atoms with Gasteiger partial charge in [-0.15, -0.1) is 0 Å². The maximum atomic E-state index is 12.6. The molecule has 18 heavy (non-hydrogen) atoms. The number of aliphatic hydroxyl groups is 2. The average Bonchev–Trinajstić information content (AvgIpc) is 2.25. The minimum absolute atomic E-state index is 0.0737. The summed E-state index contributed by atoms with van der Waals surface area (Å²) in [6, 6.07) is 7.06. The van der Waals surface area contributed by atoms with Crippen LogP contribution in [0.25, 0.3) is 0 Å². The second-order valence-electron chi connectivity index (χ2n) is 4.54. The third kappa shape index (κ3) is 3.22. The van der Waals surface area contributed by atoms with Gasteiger partial charge in [0.05, 0.1) is 14.1 Å². The second kappa shape index (κ2) is 5.26. The van der Waals surface area contributed by atoms with Gasteiger partial charge >= 0.3 is 12.0 Å². The maximum absolute atomic E-state index is 12.6. The SMILES string of the molecule is C[NH+](C)C(Cc1ccccc1)C(O)(O)C(F)(F)F. The Morgan fingerprint density at radius 2 is 1.61 bits per heavy atom. The van der Waals surface area contributed by atoms with E-state index in [1.54, 1.807) is 30.3 Å². The lowest BCUT2D eigenvalue weighted by molar-refractivity contribution is -0.902. The Hall–Kier alpha value is -1.11. The molecule has 0 aliphatic heterocycles. The van der Waals surface area contributed by atoms with Gasteiger partial charge < -0.3 is 15.1 Å². The molecular formula is C12H17F3NO2+. The van der Waals surface area contributed by atoms with Crippen LogP contribution in [0.2, 0.25) is 0 Å². The van der Waals surface area contributed by atoms with E-state index in [9.17, 15) is 23.4 Å². The Kier molecular flexibility index (Phi) is 4.37. The van der Waals surface area contributed by atoms with Crippen LogP contribution in [0, 0.1) is 0 Å². The first-order valence-corrected chi connectivity index (χ1v) is 5.51. The smallest absolute Gasteiger partial charge is 0.354 e. The molecule has 0 bridgehead atoms. The van der Waals surface area contributed by atoms with E-state index >= 15 is 0 Å². The lowest BCUT2D eigenvalue weighted by Gasteiger charge is -2.34. The molecule has 1 atom stereocenters. The molecule has 0 spiro atoms. The molecule has 0 fully saturated rings. The topological polar surface area (TPSA) is 44.9 Å². The van der Waals surface area contributed by atoms with E-state index in [2.05, 4.69) is 0 Å². The summed E-state index contributed by atoms with van der Waals surface area (Å²) < 4.78 is 37.9. The van der Waals surface area contributed by atoms with E-state index in [4.69, 9.17) is 0 Å². The summed E-state index contributed by atoms with van der Waals surface area (Å²) in [6.45, 7) is 0. The number of nitrogens with one attached hydrogen (secondary N) is 1. The van der Waals surface area contributed by atoms with Crippen molar-refractivity contribution in [1.82, 2.24) is 0 Å². The highest BCUT2D eigenvalue weighted by atomic mass is 19.4. The van der Waals surface area contributed by atoms with Gasteiger partial charge in [-0.2, -0.15) is 13.2 Å². The van der Waals surface area contributed by atoms with Crippen molar-refractivity contribution in [3.8, 4) is 0 Å². The maximum Gasteiger partial charge on any atom is 0.449 e. The largest absolute Gasteiger partial charge is 0.449 e. The van der Waals surface area contributed by atoms with Crippen molar-refractivity contribution in [3.05, 3.63) is 35.9 Å². The molecule has 1 unspecified atom stereocenters. The molecule has 0 radical (unpaired) electrons. The first-order valence-electron chi connectivity index (χ1n) is 5.51. The second-order valence-corrected chi connectivity index (χ2v) is 4.54. The van der Waals surface area contributed by atoms with Gasteiger partial charge in [-0.25, -0.2) is 0 Å². The monoisotopic (exact) mass is 264 g/mol. The van der Waals surface area contributed by atoms with E-state index < -0.39 is 18.0 Å². The van der Waals surface area contributed by atoms with Crippen LogP contribution in [0.1, 0.15) is 5.56 Å². The van der Waals surface area contributed by atoms with Crippen LogP contribution in [0.5, 0.6) is 0 Å². The van der Waals surface area contributed by atoms with Gasteiger partial charge in [0, 0.05) is 6.42 Å². The van der Waals surface area contributed by atoms with Gasteiger partial charge in [-0.05, 0) is 5.56 Å². The third-order valence-electron chi connectivity index (χ3n) is 2.88. The van der Waals surface area contributed by atoms with Gasteiger partial charge in [0.1, 0.15) is 0 Å². The fraction of sp³-hybridized carbons (Fsp3) is 0.500. The number of rotatable bonds is 4. The number of hydrogen-bond donors (Lipinski definition) is 3. The molecule has 0 amide bonds. The summed E-state index contributed by atoms with van der Waals surface area (Å²) in [6.07, 6.45) is -5.15. The van der Waals surface area contributed by atoms with Crippen molar-refractivity contribution in [1.29, 1.82) is 0 Å². The molecule has 0 saturated carbocycles. The zero-order valence-corrected chi connectivity index (χ0v) is 10.2. The number of quaternary nitrogens is 1. The summed E-state index contributed by atoms with van der Waals surface area (Å²) in [5, 5.41) is 18.7. The molecule has 6 heteroatoms. The number of alkyl halides is 3. The number of hydrogen-bond acceptors (Lipinski definition) is 2. The zero-order chi connectivity index (χ0) is 14.0. The highest BCUT2D eigenvalue weighted by Crippen LogP contribution is 2.31. The summed E-state index contributed by atoms with van der Waals surface area (Å²) in [4.78, 5) is 0.321. The van der Waals surface area contributed by atoms with Crippen molar-refractivity contribution in [2.24, 2.45) is 0 Å². The van der Waals surface area contributed by atoms with Crippen molar-refractivity contribution < 1.29 is 28.3 Å².